The van der Waals surface area contributed by atoms with Crippen LogP contribution in [-0.4, -0.2) is 69.2 Å². The van der Waals surface area contributed by atoms with Crippen LogP contribution in [0.5, 0.6) is 0 Å². The van der Waals surface area contributed by atoms with Crippen LogP contribution in [0, 0.1) is 0 Å². The Balaban J connectivity index is 2.54. The highest BCUT2D eigenvalue weighted by atomic mass is 32.2. The molecule has 108 valence electrons. The molecular weight excluding hydrogens is 250 g/mol. The molecule has 1 saturated heterocycles. The summed E-state index contributed by atoms with van der Waals surface area (Å²) in [6.07, 6.45) is 1.61. The number of nitrogens with one attached hydrogen (secondary N) is 1. The first kappa shape index (κ1) is 15.9. The monoisotopic (exact) mass is 277 g/mol. The van der Waals surface area contributed by atoms with Crippen LogP contribution in [0.4, 0.5) is 0 Å². The molecule has 0 bridgehead atoms. The van der Waals surface area contributed by atoms with Gasteiger partial charge in [0.05, 0.1) is 5.75 Å². The minimum absolute atomic E-state index is 0.0848. The third kappa shape index (κ3) is 4.84. The molecule has 5 nitrogen and oxygen atoms in total. The van der Waals surface area contributed by atoms with E-state index in [1.807, 2.05) is 13.8 Å². The predicted molar refractivity (Wildman–Crippen MR) is 75.2 cm³/mol. The van der Waals surface area contributed by atoms with Gasteiger partial charge in [-0.25, -0.2) is 8.42 Å². The molecule has 18 heavy (non-hydrogen) atoms. The van der Waals surface area contributed by atoms with E-state index in [0.29, 0.717) is 13.0 Å². The summed E-state index contributed by atoms with van der Waals surface area (Å²) in [6, 6.07) is 0.0848. The second-order valence-corrected chi connectivity index (χ2v) is 7.14. The largest absolute Gasteiger partial charge is 0.317 e. The Morgan fingerprint density at radius 1 is 1.33 bits per heavy atom. The van der Waals surface area contributed by atoms with Crippen LogP contribution in [0.1, 0.15) is 26.7 Å². The summed E-state index contributed by atoms with van der Waals surface area (Å²) in [5.41, 5.74) is 0. The molecule has 0 radical (unpaired) electrons. The van der Waals surface area contributed by atoms with Crippen molar-refractivity contribution in [2.45, 2.75) is 32.7 Å². The van der Waals surface area contributed by atoms with E-state index in [4.69, 9.17) is 0 Å². The molecule has 1 heterocycles. The van der Waals surface area contributed by atoms with Crippen molar-refractivity contribution in [3.05, 3.63) is 0 Å². The van der Waals surface area contributed by atoms with Crippen molar-refractivity contribution in [2.24, 2.45) is 0 Å². The lowest BCUT2D eigenvalue weighted by Gasteiger charge is -2.27. The summed E-state index contributed by atoms with van der Waals surface area (Å²) in [5.74, 6) is 0.258. The Hall–Kier alpha value is -0.170. The third-order valence-electron chi connectivity index (χ3n) is 3.35. The molecule has 0 amide bonds. The normalized spacial score (nSPS) is 24.1. The van der Waals surface area contributed by atoms with Crippen molar-refractivity contribution in [1.29, 1.82) is 0 Å². The molecule has 1 unspecified atom stereocenters. The zero-order valence-electron chi connectivity index (χ0n) is 11.9. The minimum Gasteiger partial charge on any atom is -0.317 e. The quantitative estimate of drug-likeness (QED) is 0.712. The van der Waals surface area contributed by atoms with Crippen molar-refractivity contribution in [3.8, 4) is 0 Å². The van der Waals surface area contributed by atoms with Gasteiger partial charge in [0, 0.05) is 19.1 Å². The van der Waals surface area contributed by atoms with Crippen molar-refractivity contribution in [1.82, 2.24) is 14.5 Å². The van der Waals surface area contributed by atoms with Gasteiger partial charge in [-0.2, -0.15) is 4.31 Å². The number of likely N-dealkylation sites (N-methyl/N-ethyl adjacent to an activating group) is 1. The number of rotatable bonds is 6. The SMILES string of the molecule is CCNCCCS(=O)(=O)N1CCCN(C)CC1C. The van der Waals surface area contributed by atoms with Crippen molar-refractivity contribution in [2.75, 3.05) is 45.5 Å². The Morgan fingerprint density at radius 2 is 2.06 bits per heavy atom. The van der Waals surface area contributed by atoms with Crippen LogP contribution in [0.25, 0.3) is 0 Å². The standard InChI is InChI=1S/C12H27N3O2S/c1-4-13-7-5-10-18(16,17)15-9-6-8-14(3)11-12(15)2/h12-13H,4-11H2,1-3H3. The zero-order chi connectivity index (χ0) is 13.6. The molecule has 1 aliphatic rings. The van der Waals surface area contributed by atoms with Crippen LogP contribution in [0.2, 0.25) is 0 Å². The van der Waals surface area contributed by atoms with Gasteiger partial charge in [-0.15, -0.1) is 0 Å². The summed E-state index contributed by atoms with van der Waals surface area (Å²) in [7, 11) is -1.04. The molecule has 6 heteroatoms. The van der Waals surface area contributed by atoms with Gasteiger partial charge in [0.2, 0.25) is 10.0 Å². The average Bonchev–Trinajstić information content (AvgIpc) is 2.46. The Kier molecular flexibility index (Phi) is 6.55. The van der Waals surface area contributed by atoms with Crippen molar-refractivity contribution >= 4 is 10.0 Å². The first-order valence-electron chi connectivity index (χ1n) is 6.86. The third-order valence-corrected chi connectivity index (χ3v) is 5.41. The van der Waals surface area contributed by atoms with Crippen LogP contribution >= 0.6 is 0 Å². The second kappa shape index (κ2) is 7.43. The zero-order valence-corrected chi connectivity index (χ0v) is 12.7. The highest BCUT2D eigenvalue weighted by Gasteiger charge is 2.29. The van der Waals surface area contributed by atoms with E-state index in [-0.39, 0.29) is 11.8 Å². The van der Waals surface area contributed by atoms with Gasteiger partial charge in [0.1, 0.15) is 0 Å². The fourth-order valence-electron chi connectivity index (χ4n) is 2.44. The Morgan fingerprint density at radius 3 is 2.72 bits per heavy atom. The molecular formula is C12H27N3O2S. The number of sulfonamides is 1. The van der Waals surface area contributed by atoms with Gasteiger partial charge in [0.25, 0.3) is 0 Å². The topological polar surface area (TPSA) is 52.7 Å². The van der Waals surface area contributed by atoms with Crippen molar-refractivity contribution in [3.63, 3.8) is 0 Å². The van der Waals surface area contributed by atoms with Crippen molar-refractivity contribution < 1.29 is 8.42 Å². The fourth-order valence-corrected chi connectivity index (χ4v) is 4.20. The van der Waals surface area contributed by atoms with E-state index in [1.165, 1.54) is 0 Å². The second-order valence-electron chi connectivity index (χ2n) is 5.10. The average molecular weight is 277 g/mol. The molecule has 0 aromatic rings. The molecule has 0 saturated carbocycles. The molecule has 1 fully saturated rings. The Bertz CT molecular complexity index is 332. The number of nitrogens with zero attached hydrogens (tertiary/aromatic N) is 2. The molecule has 0 aromatic heterocycles. The highest BCUT2D eigenvalue weighted by molar-refractivity contribution is 7.89. The molecule has 0 aromatic carbocycles. The molecule has 1 rings (SSSR count). The van der Waals surface area contributed by atoms with E-state index in [1.54, 1.807) is 4.31 Å². The van der Waals surface area contributed by atoms with Gasteiger partial charge in [0.15, 0.2) is 0 Å². The van der Waals surface area contributed by atoms with E-state index in [2.05, 4.69) is 17.3 Å². The maximum absolute atomic E-state index is 12.3. The highest BCUT2D eigenvalue weighted by Crippen LogP contribution is 2.14. The van der Waals surface area contributed by atoms with E-state index >= 15 is 0 Å². The maximum atomic E-state index is 12.3. The summed E-state index contributed by atoms with van der Waals surface area (Å²) < 4.78 is 26.3. The number of hydrogen-bond acceptors (Lipinski definition) is 4. The Labute approximate surface area is 112 Å². The van der Waals surface area contributed by atoms with E-state index in [0.717, 1.165) is 32.6 Å². The first-order chi connectivity index (χ1) is 8.47. The van der Waals surface area contributed by atoms with Gasteiger partial charge in [-0.1, -0.05) is 6.92 Å². The van der Waals surface area contributed by atoms with Gasteiger partial charge in [-0.05, 0) is 46.4 Å². The lowest BCUT2D eigenvalue weighted by Crippen LogP contribution is -2.43. The smallest absolute Gasteiger partial charge is 0.214 e. The van der Waals surface area contributed by atoms with Crippen LogP contribution < -0.4 is 5.32 Å². The summed E-state index contributed by atoms with van der Waals surface area (Å²) in [5, 5.41) is 3.16. The summed E-state index contributed by atoms with van der Waals surface area (Å²) in [6.45, 7) is 8.17. The molecule has 1 N–H and O–H groups in total. The van der Waals surface area contributed by atoms with Crippen LogP contribution in [0.15, 0.2) is 0 Å². The maximum Gasteiger partial charge on any atom is 0.214 e. The van der Waals surface area contributed by atoms with Gasteiger partial charge >= 0.3 is 0 Å². The van der Waals surface area contributed by atoms with E-state index < -0.39 is 10.0 Å². The van der Waals surface area contributed by atoms with Crippen LogP contribution in [-0.2, 0) is 10.0 Å². The van der Waals surface area contributed by atoms with Gasteiger partial charge in [-0.3, -0.25) is 0 Å². The summed E-state index contributed by atoms with van der Waals surface area (Å²) in [4.78, 5) is 2.21. The number of hydrogen-bond donors (Lipinski definition) is 1. The predicted octanol–water partition coefficient (Wildman–Crippen LogP) is 0.342. The fraction of sp³-hybridized carbons (Fsp3) is 1.00. The summed E-state index contributed by atoms with van der Waals surface area (Å²) >= 11 is 0. The van der Waals surface area contributed by atoms with Crippen LogP contribution in [0.3, 0.4) is 0 Å². The lowest BCUT2D eigenvalue weighted by atomic mass is 10.3. The van der Waals surface area contributed by atoms with Gasteiger partial charge < -0.3 is 10.2 Å². The molecule has 1 atom stereocenters. The molecule has 0 aliphatic carbocycles. The molecule has 0 spiro atoms. The first-order valence-corrected chi connectivity index (χ1v) is 8.47. The molecule has 1 aliphatic heterocycles. The lowest BCUT2D eigenvalue weighted by molar-refractivity contribution is 0.290. The minimum atomic E-state index is -3.09. The van der Waals surface area contributed by atoms with E-state index in [9.17, 15) is 8.42 Å².